The fraction of sp³-hybridized carbons (Fsp3) is 1.00. The van der Waals surface area contributed by atoms with Crippen LogP contribution < -0.4 is 5.32 Å². The van der Waals surface area contributed by atoms with Gasteiger partial charge in [0.2, 0.25) is 0 Å². The van der Waals surface area contributed by atoms with E-state index < -0.39 is 5.60 Å². The van der Waals surface area contributed by atoms with Gasteiger partial charge in [0.25, 0.3) is 0 Å². The predicted octanol–water partition coefficient (Wildman–Crippen LogP) is 1.61. The second-order valence-corrected chi connectivity index (χ2v) is 5.66. The largest absolute Gasteiger partial charge is 0.390 e. The van der Waals surface area contributed by atoms with Crippen molar-refractivity contribution < 1.29 is 5.11 Å². The molecule has 1 fully saturated rings. The first kappa shape index (κ1) is 13.9. The minimum atomic E-state index is -0.524. The number of nitrogens with one attached hydrogen (secondary N) is 1. The van der Waals surface area contributed by atoms with Gasteiger partial charge in [-0.05, 0) is 52.6 Å². The second-order valence-electron chi connectivity index (χ2n) is 5.66. The Kier molecular flexibility index (Phi) is 5.73. The van der Waals surface area contributed by atoms with Gasteiger partial charge in [-0.25, -0.2) is 0 Å². The normalized spacial score (nSPS) is 23.6. The van der Waals surface area contributed by atoms with Crippen molar-refractivity contribution in [2.24, 2.45) is 0 Å². The Morgan fingerprint density at radius 3 is 2.81 bits per heavy atom. The molecule has 1 unspecified atom stereocenters. The van der Waals surface area contributed by atoms with E-state index in [4.69, 9.17) is 0 Å². The van der Waals surface area contributed by atoms with E-state index in [0.717, 1.165) is 26.1 Å². The summed E-state index contributed by atoms with van der Waals surface area (Å²) >= 11 is 0. The highest BCUT2D eigenvalue weighted by molar-refractivity contribution is 4.79. The van der Waals surface area contributed by atoms with Gasteiger partial charge in [-0.3, -0.25) is 0 Å². The van der Waals surface area contributed by atoms with E-state index >= 15 is 0 Å². The maximum Gasteiger partial charge on any atom is 0.0603 e. The summed E-state index contributed by atoms with van der Waals surface area (Å²) in [5, 5.41) is 13.3. The van der Waals surface area contributed by atoms with Crippen LogP contribution in [0, 0.1) is 0 Å². The van der Waals surface area contributed by atoms with Gasteiger partial charge in [-0.2, -0.15) is 0 Å². The van der Waals surface area contributed by atoms with Crippen molar-refractivity contribution in [1.29, 1.82) is 0 Å². The van der Waals surface area contributed by atoms with Crippen molar-refractivity contribution in [1.82, 2.24) is 10.2 Å². The van der Waals surface area contributed by atoms with E-state index in [0.29, 0.717) is 6.04 Å². The molecule has 1 saturated heterocycles. The molecule has 1 rings (SSSR count). The van der Waals surface area contributed by atoms with Crippen LogP contribution in [-0.4, -0.2) is 47.8 Å². The Hall–Kier alpha value is -0.120. The third kappa shape index (κ3) is 5.83. The first-order valence-electron chi connectivity index (χ1n) is 6.69. The Bertz CT molecular complexity index is 189. The van der Waals surface area contributed by atoms with E-state index in [2.05, 4.69) is 17.1 Å². The van der Waals surface area contributed by atoms with Crippen molar-refractivity contribution in [3.8, 4) is 0 Å². The molecule has 16 heavy (non-hydrogen) atoms. The number of likely N-dealkylation sites (tertiary alicyclic amines) is 1. The van der Waals surface area contributed by atoms with Gasteiger partial charge in [0.1, 0.15) is 0 Å². The summed E-state index contributed by atoms with van der Waals surface area (Å²) in [6, 6.07) is 0.663. The minimum Gasteiger partial charge on any atom is -0.390 e. The molecular weight excluding hydrogens is 200 g/mol. The van der Waals surface area contributed by atoms with Gasteiger partial charge in [-0.1, -0.05) is 6.92 Å². The molecule has 0 aromatic rings. The summed E-state index contributed by atoms with van der Waals surface area (Å²) in [5.41, 5.74) is -0.524. The molecule has 96 valence electrons. The van der Waals surface area contributed by atoms with Crippen molar-refractivity contribution >= 4 is 0 Å². The third-order valence-electron chi connectivity index (χ3n) is 3.23. The molecule has 0 bridgehead atoms. The number of nitrogens with zero attached hydrogens (tertiary/aromatic N) is 1. The molecular formula is C13H28N2O. The molecule has 1 aliphatic heterocycles. The van der Waals surface area contributed by atoms with Gasteiger partial charge in [0, 0.05) is 19.1 Å². The fourth-order valence-electron chi connectivity index (χ4n) is 2.21. The van der Waals surface area contributed by atoms with E-state index in [1.54, 1.807) is 0 Å². The summed E-state index contributed by atoms with van der Waals surface area (Å²) in [7, 11) is 0. The molecule has 0 saturated carbocycles. The Labute approximate surface area is 100 Å². The number of piperidine rings is 1. The van der Waals surface area contributed by atoms with Crippen molar-refractivity contribution in [3.05, 3.63) is 0 Å². The molecule has 0 spiro atoms. The lowest BCUT2D eigenvalue weighted by molar-refractivity contribution is 0.0525. The molecule has 1 aliphatic rings. The summed E-state index contributed by atoms with van der Waals surface area (Å²) in [6.07, 6.45) is 4.67. The highest BCUT2D eigenvalue weighted by atomic mass is 16.3. The summed E-state index contributed by atoms with van der Waals surface area (Å²) in [4.78, 5) is 2.48. The highest BCUT2D eigenvalue weighted by Crippen LogP contribution is 2.14. The van der Waals surface area contributed by atoms with Crippen LogP contribution in [0.4, 0.5) is 0 Å². The molecule has 0 aromatic carbocycles. The van der Waals surface area contributed by atoms with Crippen molar-refractivity contribution in [2.45, 2.75) is 58.1 Å². The minimum absolute atomic E-state index is 0.524. The topological polar surface area (TPSA) is 35.5 Å². The van der Waals surface area contributed by atoms with Gasteiger partial charge < -0.3 is 15.3 Å². The summed E-state index contributed by atoms with van der Waals surface area (Å²) < 4.78 is 0. The van der Waals surface area contributed by atoms with Gasteiger partial charge in [-0.15, -0.1) is 0 Å². The van der Waals surface area contributed by atoms with E-state index in [-0.39, 0.29) is 0 Å². The van der Waals surface area contributed by atoms with Crippen LogP contribution in [0.15, 0.2) is 0 Å². The first-order valence-corrected chi connectivity index (χ1v) is 6.69. The lowest BCUT2D eigenvalue weighted by Crippen LogP contribution is -2.46. The number of aliphatic hydroxyl groups is 1. The zero-order chi connectivity index (χ0) is 12.0. The van der Waals surface area contributed by atoms with Crippen LogP contribution in [0.5, 0.6) is 0 Å². The number of rotatable bonds is 6. The van der Waals surface area contributed by atoms with Crippen LogP contribution in [0.1, 0.15) is 46.5 Å². The Morgan fingerprint density at radius 1 is 1.44 bits per heavy atom. The average Bonchev–Trinajstić information content (AvgIpc) is 2.23. The van der Waals surface area contributed by atoms with Crippen LogP contribution in [0.25, 0.3) is 0 Å². The SMILES string of the molecule is CCCNC1CCCN(CCC(C)(C)O)C1. The van der Waals surface area contributed by atoms with Crippen LogP contribution in [0.2, 0.25) is 0 Å². The summed E-state index contributed by atoms with van der Waals surface area (Å²) in [5.74, 6) is 0. The molecule has 0 aromatic heterocycles. The zero-order valence-corrected chi connectivity index (χ0v) is 11.1. The van der Waals surface area contributed by atoms with Crippen molar-refractivity contribution in [2.75, 3.05) is 26.2 Å². The second kappa shape index (κ2) is 6.58. The standard InChI is InChI=1S/C13H28N2O/c1-4-8-14-12-6-5-9-15(11-12)10-7-13(2,3)16/h12,14,16H,4-11H2,1-3H3. The van der Waals surface area contributed by atoms with Crippen molar-refractivity contribution in [3.63, 3.8) is 0 Å². The molecule has 0 aliphatic carbocycles. The van der Waals surface area contributed by atoms with Gasteiger partial charge in [0.15, 0.2) is 0 Å². The Morgan fingerprint density at radius 2 is 2.19 bits per heavy atom. The smallest absolute Gasteiger partial charge is 0.0603 e. The molecule has 0 amide bonds. The fourth-order valence-corrected chi connectivity index (χ4v) is 2.21. The van der Waals surface area contributed by atoms with E-state index in [9.17, 15) is 5.11 Å². The number of hydrogen-bond donors (Lipinski definition) is 2. The van der Waals surface area contributed by atoms with Crippen LogP contribution in [-0.2, 0) is 0 Å². The highest BCUT2D eigenvalue weighted by Gasteiger charge is 2.21. The Balaban J connectivity index is 2.22. The van der Waals surface area contributed by atoms with E-state index in [1.807, 2.05) is 13.8 Å². The predicted molar refractivity (Wildman–Crippen MR) is 68.7 cm³/mol. The molecule has 1 atom stereocenters. The van der Waals surface area contributed by atoms with Crippen LogP contribution >= 0.6 is 0 Å². The van der Waals surface area contributed by atoms with Gasteiger partial charge in [0.05, 0.1) is 5.60 Å². The quantitative estimate of drug-likeness (QED) is 0.725. The molecule has 0 radical (unpaired) electrons. The lowest BCUT2D eigenvalue weighted by Gasteiger charge is -2.34. The molecule has 2 N–H and O–H groups in total. The lowest BCUT2D eigenvalue weighted by atomic mass is 10.0. The third-order valence-corrected chi connectivity index (χ3v) is 3.23. The molecule has 3 heteroatoms. The van der Waals surface area contributed by atoms with E-state index in [1.165, 1.54) is 25.8 Å². The maximum atomic E-state index is 9.71. The number of hydrogen-bond acceptors (Lipinski definition) is 3. The molecule has 1 heterocycles. The monoisotopic (exact) mass is 228 g/mol. The first-order chi connectivity index (χ1) is 7.51. The average molecular weight is 228 g/mol. The van der Waals surface area contributed by atoms with Crippen LogP contribution in [0.3, 0.4) is 0 Å². The maximum absolute atomic E-state index is 9.71. The molecule has 3 nitrogen and oxygen atoms in total. The van der Waals surface area contributed by atoms with Gasteiger partial charge >= 0.3 is 0 Å². The summed E-state index contributed by atoms with van der Waals surface area (Å²) in [6.45, 7) is 10.5. The zero-order valence-electron chi connectivity index (χ0n) is 11.1.